The summed E-state index contributed by atoms with van der Waals surface area (Å²) < 4.78 is 19.4. The Bertz CT molecular complexity index is 562. The average molecular weight is 294 g/mol. The van der Waals surface area contributed by atoms with Gasteiger partial charge in [-0.15, -0.1) is 0 Å². The summed E-state index contributed by atoms with van der Waals surface area (Å²) >= 11 is 5.78. The van der Waals surface area contributed by atoms with E-state index in [-0.39, 0.29) is 17.2 Å². The number of nitrogens with two attached hydrogens (primary N) is 1. The van der Waals surface area contributed by atoms with E-state index in [0.29, 0.717) is 12.0 Å². The summed E-state index contributed by atoms with van der Waals surface area (Å²) in [5.41, 5.74) is 7.66. The number of rotatable bonds is 5. The van der Waals surface area contributed by atoms with Crippen LogP contribution < -0.4 is 5.73 Å². The molecule has 0 radical (unpaired) electrons. The fraction of sp³-hybridized carbons (Fsp3) is 0.250. The Balaban J connectivity index is 2.18. The van der Waals surface area contributed by atoms with Gasteiger partial charge in [-0.2, -0.15) is 0 Å². The van der Waals surface area contributed by atoms with Gasteiger partial charge in [-0.1, -0.05) is 54.1 Å². The van der Waals surface area contributed by atoms with Crippen molar-refractivity contribution < 1.29 is 9.13 Å². The highest BCUT2D eigenvalue weighted by Crippen LogP contribution is 2.24. The van der Waals surface area contributed by atoms with Gasteiger partial charge in [-0.3, -0.25) is 0 Å². The molecule has 106 valence electrons. The first-order valence-corrected chi connectivity index (χ1v) is 6.77. The molecule has 0 aliphatic rings. The fourth-order valence-corrected chi connectivity index (χ4v) is 2.46. The normalized spacial score (nSPS) is 14.0. The molecule has 4 heteroatoms. The molecule has 2 aromatic rings. The predicted molar refractivity (Wildman–Crippen MR) is 79.3 cm³/mol. The first kappa shape index (κ1) is 15.0. The summed E-state index contributed by atoms with van der Waals surface area (Å²) in [6.07, 6.45) is 0.0781. The van der Waals surface area contributed by atoms with Gasteiger partial charge in [0.05, 0.1) is 11.1 Å². The lowest BCUT2D eigenvalue weighted by atomic mass is 9.96. The zero-order valence-electron chi connectivity index (χ0n) is 11.2. The Morgan fingerprint density at radius 2 is 1.85 bits per heavy atom. The van der Waals surface area contributed by atoms with Gasteiger partial charge >= 0.3 is 0 Å². The van der Waals surface area contributed by atoms with Crippen molar-refractivity contribution in [3.8, 4) is 0 Å². The highest BCUT2D eigenvalue weighted by molar-refractivity contribution is 6.30. The predicted octanol–water partition coefficient (Wildman–Crippen LogP) is 3.74. The van der Waals surface area contributed by atoms with Crippen molar-refractivity contribution in [2.75, 3.05) is 7.11 Å². The van der Waals surface area contributed by atoms with Crippen LogP contribution in [-0.4, -0.2) is 13.2 Å². The topological polar surface area (TPSA) is 35.2 Å². The molecule has 0 bridgehead atoms. The zero-order valence-corrected chi connectivity index (χ0v) is 12.0. The van der Waals surface area contributed by atoms with Crippen LogP contribution in [0.2, 0.25) is 5.02 Å². The summed E-state index contributed by atoms with van der Waals surface area (Å²) in [5, 5.41) is 0.114. The molecule has 2 atom stereocenters. The maximum Gasteiger partial charge on any atom is 0.145 e. The summed E-state index contributed by atoms with van der Waals surface area (Å²) in [5.74, 6) is -0.410. The van der Waals surface area contributed by atoms with Crippen LogP contribution >= 0.6 is 11.6 Å². The molecule has 0 aromatic heterocycles. The van der Waals surface area contributed by atoms with Crippen molar-refractivity contribution in [1.29, 1.82) is 0 Å². The monoisotopic (exact) mass is 293 g/mol. The van der Waals surface area contributed by atoms with Gasteiger partial charge in [0.1, 0.15) is 5.82 Å². The standard InChI is InChI=1S/C16H17ClFNO/c1-20-16(11-6-3-2-4-7-11)14(19)10-12-8-5-9-13(17)15(12)18/h2-9,14,16H,10,19H2,1H3. The third-order valence-corrected chi connectivity index (χ3v) is 3.55. The minimum absolute atomic E-state index is 0.114. The van der Waals surface area contributed by atoms with Crippen LogP contribution in [0, 0.1) is 5.82 Å². The molecule has 0 aliphatic heterocycles. The average Bonchev–Trinajstić information content (AvgIpc) is 2.46. The Labute approximate surface area is 123 Å². The molecule has 2 N–H and O–H groups in total. The van der Waals surface area contributed by atoms with Crippen molar-refractivity contribution in [2.45, 2.75) is 18.6 Å². The van der Waals surface area contributed by atoms with E-state index in [1.165, 1.54) is 6.07 Å². The second kappa shape index (κ2) is 6.84. The number of benzene rings is 2. The molecule has 2 unspecified atom stereocenters. The van der Waals surface area contributed by atoms with Gasteiger partial charge < -0.3 is 10.5 Å². The minimum Gasteiger partial charge on any atom is -0.375 e. The van der Waals surface area contributed by atoms with Crippen molar-refractivity contribution in [2.24, 2.45) is 5.73 Å². The van der Waals surface area contributed by atoms with E-state index in [2.05, 4.69) is 0 Å². The van der Waals surface area contributed by atoms with Crippen molar-refractivity contribution in [3.05, 3.63) is 70.5 Å². The van der Waals surface area contributed by atoms with E-state index >= 15 is 0 Å². The van der Waals surface area contributed by atoms with Crippen LogP contribution in [0.3, 0.4) is 0 Å². The minimum atomic E-state index is -0.410. The van der Waals surface area contributed by atoms with Crippen molar-refractivity contribution in [1.82, 2.24) is 0 Å². The molecule has 0 heterocycles. The summed E-state index contributed by atoms with van der Waals surface area (Å²) in [4.78, 5) is 0. The third-order valence-electron chi connectivity index (χ3n) is 3.26. The summed E-state index contributed by atoms with van der Waals surface area (Å²) in [6.45, 7) is 0. The molecule has 2 rings (SSSR count). The lowest BCUT2D eigenvalue weighted by Crippen LogP contribution is -2.32. The van der Waals surface area contributed by atoms with E-state index in [1.54, 1.807) is 19.2 Å². The number of halogens is 2. The van der Waals surface area contributed by atoms with Gasteiger partial charge in [0, 0.05) is 13.2 Å². The van der Waals surface area contributed by atoms with Crippen molar-refractivity contribution >= 4 is 11.6 Å². The molecule has 20 heavy (non-hydrogen) atoms. The largest absolute Gasteiger partial charge is 0.375 e. The number of hydrogen-bond acceptors (Lipinski definition) is 2. The van der Waals surface area contributed by atoms with Crippen molar-refractivity contribution in [3.63, 3.8) is 0 Å². The maximum absolute atomic E-state index is 13.9. The first-order chi connectivity index (χ1) is 9.63. The quantitative estimate of drug-likeness (QED) is 0.911. The number of ether oxygens (including phenoxy) is 1. The van der Waals surface area contributed by atoms with E-state index in [9.17, 15) is 4.39 Å². The van der Waals surface area contributed by atoms with Crippen LogP contribution in [0.1, 0.15) is 17.2 Å². The Morgan fingerprint density at radius 3 is 2.50 bits per heavy atom. The van der Waals surface area contributed by atoms with Gasteiger partial charge in [0.2, 0.25) is 0 Å². The second-order valence-corrected chi connectivity index (χ2v) is 5.06. The molecule has 0 saturated carbocycles. The maximum atomic E-state index is 13.9. The SMILES string of the molecule is COC(c1ccccc1)C(N)Cc1cccc(Cl)c1F. The Kier molecular flexibility index (Phi) is 5.12. The van der Waals surface area contributed by atoms with Crippen LogP contribution in [0.5, 0.6) is 0 Å². The molecular weight excluding hydrogens is 277 g/mol. The van der Waals surface area contributed by atoms with E-state index in [1.807, 2.05) is 30.3 Å². The lowest BCUT2D eigenvalue weighted by Gasteiger charge is -2.23. The molecule has 2 nitrogen and oxygen atoms in total. The summed E-state index contributed by atoms with van der Waals surface area (Å²) in [7, 11) is 1.60. The van der Waals surface area contributed by atoms with Gasteiger partial charge in [0.25, 0.3) is 0 Å². The molecule has 0 aliphatic carbocycles. The number of hydrogen-bond donors (Lipinski definition) is 1. The summed E-state index contributed by atoms with van der Waals surface area (Å²) in [6, 6.07) is 14.3. The molecule has 0 spiro atoms. The zero-order chi connectivity index (χ0) is 14.5. The van der Waals surface area contributed by atoms with E-state index in [4.69, 9.17) is 22.1 Å². The van der Waals surface area contributed by atoms with Crippen LogP contribution in [-0.2, 0) is 11.2 Å². The van der Waals surface area contributed by atoms with Crippen LogP contribution in [0.4, 0.5) is 4.39 Å². The molecule has 0 fully saturated rings. The molecule has 0 amide bonds. The van der Waals surface area contributed by atoms with E-state index < -0.39 is 5.82 Å². The van der Waals surface area contributed by atoms with Gasteiger partial charge in [-0.05, 0) is 23.6 Å². The molecular formula is C16H17ClFNO. The fourth-order valence-electron chi connectivity index (χ4n) is 2.27. The van der Waals surface area contributed by atoms with Gasteiger partial charge in [-0.25, -0.2) is 4.39 Å². The molecule has 0 saturated heterocycles. The second-order valence-electron chi connectivity index (χ2n) is 4.65. The van der Waals surface area contributed by atoms with E-state index in [0.717, 1.165) is 5.56 Å². The third kappa shape index (κ3) is 3.37. The number of methoxy groups -OCH3 is 1. The smallest absolute Gasteiger partial charge is 0.145 e. The first-order valence-electron chi connectivity index (χ1n) is 6.39. The highest BCUT2D eigenvalue weighted by Gasteiger charge is 2.21. The van der Waals surface area contributed by atoms with Crippen LogP contribution in [0.25, 0.3) is 0 Å². The van der Waals surface area contributed by atoms with Gasteiger partial charge in [0.15, 0.2) is 0 Å². The van der Waals surface area contributed by atoms with Crippen LogP contribution in [0.15, 0.2) is 48.5 Å². The Hall–Kier alpha value is -1.42. The molecule has 2 aromatic carbocycles. The highest BCUT2D eigenvalue weighted by atomic mass is 35.5. The lowest BCUT2D eigenvalue weighted by molar-refractivity contribution is 0.0800. The Morgan fingerprint density at radius 1 is 1.15 bits per heavy atom.